The number of nitrogens with one attached hydrogen (secondary N) is 1. The van der Waals surface area contributed by atoms with Gasteiger partial charge in [-0.25, -0.2) is 0 Å². The van der Waals surface area contributed by atoms with Crippen molar-refractivity contribution in [2.75, 3.05) is 5.32 Å². The lowest BCUT2D eigenvalue weighted by molar-refractivity contribution is 0.102. The molecule has 1 amide bonds. The molecular formula is C12H11N3O2. The van der Waals surface area contributed by atoms with Crippen molar-refractivity contribution < 1.29 is 9.90 Å². The molecule has 0 fully saturated rings. The quantitative estimate of drug-likeness (QED) is 0.769. The van der Waals surface area contributed by atoms with E-state index in [-0.39, 0.29) is 11.7 Å². The molecule has 2 rings (SSSR count). The lowest BCUT2D eigenvalue weighted by atomic mass is 10.2. The highest BCUT2D eigenvalue weighted by Gasteiger charge is 2.07. The Morgan fingerprint density at radius 2 is 2.12 bits per heavy atom. The summed E-state index contributed by atoms with van der Waals surface area (Å²) in [4.78, 5) is 11.8. The minimum Gasteiger partial charge on any atom is -0.508 e. The molecule has 17 heavy (non-hydrogen) atoms. The van der Waals surface area contributed by atoms with Crippen LogP contribution in [0.15, 0.2) is 36.7 Å². The lowest BCUT2D eigenvalue weighted by Crippen LogP contribution is -2.13. The van der Waals surface area contributed by atoms with Gasteiger partial charge in [-0.3, -0.25) is 4.79 Å². The Labute approximate surface area is 98.1 Å². The summed E-state index contributed by atoms with van der Waals surface area (Å²) in [6.07, 6.45) is 2.85. The molecule has 0 bridgehead atoms. The van der Waals surface area contributed by atoms with E-state index >= 15 is 0 Å². The third-order valence-corrected chi connectivity index (χ3v) is 2.30. The number of phenolic OH excluding ortho intramolecular Hbond substituents is 1. The minimum absolute atomic E-state index is 0.172. The third-order valence-electron chi connectivity index (χ3n) is 2.30. The molecule has 5 nitrogen and oxygen atoms in total. The van der Waals surface area contributed by atoms with Gasteiger partial charge in [-0.2, -0.15) is 10.2 Å². The topological polar surface area (TPSA) is 75.1 Å². The van der Waals surface area contributed by atoms with Crippen LogP contribution in [-0.2, 0) is 0 Å². The molecule has 0 unspecified atom stereocenters. The zero-order chi connectivity index (χ0) is 12.3. The number of aromatic hydroxyl groups is 1. The number of nitrogens with zero attached hydrogens (tertiary/aromatic N) is 2. The van der Waals surface area contributed by atoms with Crippen molar-refractivity contribution >= 4 is 11.6 Å². The van der Waals surface area contributed by atoms with Gasteiger partial charge in [-0.15, -0.1) is 0 Å². The summed E-state index contributed by atoms with van der Waals surface area (Å²) < 4.78 is 0. The van der Waals surface area contributed by atoms with Gasteiger partial charge in [0, 0.05) is 5.69 Å². The first-order valence-corrected chi connectivity index (χ1v) is 5.04. The summed E-state index contributed by atoms with van der Waals surface area (Å²) in [5.41, 5.74) is 1.89. The monoisotopic (exact) mass is 229 g/mol. The number of benzene rings is 1. The van der Waals surface area contributed by atoms with Gasteiger partial charge in [0.1, 0.15) is 5.75 Å². The average molecular weight is 229 g/mol. The van der Waals surface area contributed by atoms with Crippen LogP contribution in [0.4, 0.5) is 5.69 Å². The van der Waals surface area contributed by atoms with Gasteiger partial charge in [0.2, 0.25) is 0 Å². The molecule has 0 atom stereocenters. The van der Waals surface area contributed by atoms with Crippen LogP contribution in [0.25, 0.3) is 0 Å². The molecule has 0 radical (unpaired) electrons. The number of anilines is 1. The Morgan fingerprint density at radius 1 is 1.29 bits per heavy atom. The van der Waals surface area contributed by atoms with Crippen LogP contribution < -0.4 is 5.32 Å². The first-order chi connectivity index (χ1) is 8.16. The van der Waals surface area contributed by atoms with Crippen molar-refractivity contribution in [3.8, 4) is 5.75 Å². The fraction of sp³-hybridized carbons (Fsp3) is 0.0833. The molecule has 0 spiro atoms. The molecule has 86 valence electrons. The summed E-state index contributed by atoms with van der Waals surface area (Å²) in [7, 11) is 0. The van der Waals surface area contributed by atoms with Gasteiger partial charge in [0.25, 0.3) is 5.91 Å². The number of carbonyl (C=O) groups excluding carboxylic acids is 1. The van der Waals surface area contributed by atoms with E-state index in [1.165, 1.54) is 18.5 Å². The van der Waals surface area contributed by atoms with E-state index in [1.807, 2.05) is 0 Å². The molecular weight excluding hydrogens is 218 g/mol. The van der Waals surface area contributed by atoms with E-state index in [0.29, 0.717) is 11.3 Å². The highest BCUT2D eigenvalue weighted by molar-refractivity contribution is 6.04. The molecule has 0 aliphatic heterocycles. The molecule has 1 aromatic heterocycles. The Bertz CT molecular complexity index is 541. The smallest absolute Gasteiger partial charge is 0.257 e. The van der Waals surface area contributed by atoms with E-state index in [2.05, 4.69) is 15.5 Å². The first kappa shape index (κ1) is 11.1. The Hall–Kier alpha value is -2.43. The number of amides is 1. The molecule has 0 saturated carbocycles. The molecule has 2 N–H and O–H groups in total. The van der Waals surface area contributed by atoms with E-state index in [0.717, 1.165) is 5.56 Å². The zero-order valence-corrected chi connectivity index (χ0v) is 9.21. The second-order valence-corrected chi connectivity index (χ2v) is 3.58. The Morgan fingerprint density at radius 3 is 2.76 bits per heavy atom. The van der Waals surface area contributed by atoms with Gasteiger partial charge < -0.3 is 10.4 Å². The van der Waals surface area contributed by atoms with Crippen molar-refractivity contribution in [3.05, 3.63) is 47.8 Å². The van der Waals surface area contributed by atoms with Gasteiger partial charge in [0.05, 0.1) is 18.0 Å². The summed E-state index contributed by atoms with van der Waals surface area (Å²) >= 11 is 0. The zero-order valence-electron chi connectivity index (χ0n) is 9.21. The van der Waals surface area contributed by atoms with Gasteiger partial charge >= 0.3 is 0 Å². The number of aromatic nitrogens is 2. The van der Waals surface area contributed by atoms with Crippen LogP contribution in [0, 0.1) is 6.92 Å². The summed E-state index contributed by atoms with van der Waals surface area (Å²) in [6, 6.07) is 6.34. The van der Waals surface area contributed by atoms with Crippen LogP contribution in [0.3, 0.4) is 0 Å². The summed E-state index contributed by atoms with van der Waals surface area (Å²) in [5, 5.41) is 19.2. The SMILES string of the molecule is Cc1cc(O)ccc1NC(=O)c1ccnnc1. The van der Waals surface area contributed by atoms with Crippen molar-refractivity contribution in [1.82, 2.24) is 10.2 Å². The van der Waals surface area contributed by atoms with E-state index in [4.69, 9.17) is 0 Å². The number of aryl methyl sites for hydroxylation is 1. The van der Waals surface area contributed by atoms with Crippen molar-refractivity contribution in [2.45, 2.75) is 6.92 Å². The van der Waals surface area contributed by atoms with Crippen molar-refractivity contribution in [1.29, 1.82) is 0 Å². The molecule has 5 heteroatoms. The minimum atomic E-state index is -0.256. The van der Waals surface area contributed by atoms with E-state index in [9.17, 15) is 9.90 Å². The number of carbonyl (C=O) groups is 1. The van der Waals surface area contributed by atoms with Gasteiger partial charge in [0.15, 0.2) is 0 Å². The molecule has 0 saturated heterocycles. The van der Waals surface area contributed by atoms with Crippen molar-refractivity contribution in [2.24, 2.45) is 0 Å². The highest BCUT2D eigenvalue weighted by Crippen LogP contribution is 2.20. The largest absolute Gasteiger partial charge is 0.508 e. The van der Waals surface area contributed by atoms with Gasteiger partial charge in [-0.1, -0.05) is 0 Å². The molecule has 2 aromatic rings. The van der Waals surface area contributed by atoms with Crippen LogP contribution >= 0.6 is 0 Å². The first-order valence-electron chi connectivity index (χ1n) is 5.04. The lowest BCUT2D eigenvalue weighted by Gasteiger charge is -2.08. The predicted molar refractivity (Wildman–Crippen MR) is 62.8 cm³/mol. The third kappa shape index (κ3) is 2.57. The maximum Gasteiger partial charge on any atom is 0.257 e. The van der Waals surface area contributed by atoms with E-state index in [1.54, 1.807) is 25.1 Å². The summed E-state index contributed by atoms with van der Waals surface area (Å²) in [6.45, 7) is 1.81. The van der Waals surface area contributed by atoms with Gasteiger partial charge in [-0.05, 0) is 36.8 Å². The normalized spacial score (nSPS) is 9.94. The predicted octanol–water partition coefficient (Wildman–Crippen LogP) is 1.74. The number of rotatable bonds is 2. The second-order valence-electron chi connectivity index (χ2n) is 3.58. The summed E-state index contributed by atoms with van der Waals surface area (Å²) in [5.74, 6) is -0.0835. The number of phenols is 1. The highest BCUT2D eigenvalue weighted by atomic mass is 16.3. The van der Waals surface area contributed by atoms with Crippen LogP contribution in [0.5, 0.6) is 5.75 Å². The van der Waals surface area contributed by atoms with E-state index < -0.39 is 0 Å². The molecule has 1 aromatic carbocycles. The number of hydrogen-bond donors (Lipinski definition) is 2. The standard InChI is InChI=1S/C12H11N3O2/c1-8-6-10(16)2-3-11(8)15-12(17)9-4-5-13-14-7-9/h2-7,16H,1H3,(H,15,17). The van der Waals surface area contributed by atoms with Crippen LogP contribution in [-0.4, -0.2) is 21.2 Å². The maximum atomic E-state index is 11.8. The fourth-order valence-corrected chi connectivity index (χ4v) is 1.41. The number of hydrogen-bond acceptors (Lipinski definition) is 4. The fourth-order valence-electron chi connectivity index (χ4n) is 1.41. The Balaban J connectivity index is 2.19. The Kier molecular flexibility index (Phi) is 3.00. The average Bonchev–Trinajstić information content (AvgIpc) is 2.34. The van der Waals surface area contributed by atoms with Crippen LogP contribution in [0.2, 0.25) is 0 Å². The second kappa shape index (κ2) is 4.61. The maximum absolute atomic E-state index is 11.8. The molecule has 1 heterocycles. The van der Waals surface area contributed by atoms with Crippen molar-refractivity contribution in [3.63, 3.8) is 0 Å². The molecule has 0 aliphatic carbocycles. The molecule has 0 aliphatic rings. The van der Waals surface area contributed by atoms with Crippen LogP contribution in [0.1, 0.15) is 15.9 Å².